The van der Waals surface area contributed by atoms with Gasteiger partial charge >= 0.3 is 12.1 Å². The van der Waals surface area contributed by atoms with Crippen LogP contribution in [0.1, 0.15) is 41.0 Å². The van der Waals surface area contributed by atoms with Crippen molar-refractivity contribution < 1.29 is 33.8 Å². The molecule has 7 rings (SSSR count). The van der Waals surface area contributed by atoms with Crippen molar-refractivity contribution in [3.05, 3.63) is 132 Å². The van der Waals surface area contributed by atoms with Crippen LogP contribution in [0.5, 0.6) is 0 Å². The Morgan fingerprint density at radius 1 is 0.672 bits per heavy atom. The smallest absolute Gasteiger partial charge is 0.407 e. The number of nitrogens with two attached hydrogens (primary N) is 2. The Labute approximate surface area is 350 Å². The van der Waals surface area contributed by atoms with E-state index in [1.165, 1.54) is 0 Å². The second-order valence-electron chi connectivity index (χ2n) is 14.8. The van der Waals surface area contributed by atoms with Gasteiger partial charge in [-0.3, -0.25) is 24.2 Å². The van der Waals surface area contributed by atoms with Crippen LogP contribution in [0.25, 0.3) is 32.9 Å². The van der Waals surface area contributed by atoms with Crippen molar-refractivity contribution in [2.75, 3.05) is 19.7 Å². The van der Waals surface area contributed by atoms with Gasteiger partial charge in [-0.25, -0.2) is 4.79 Å². The fourth-order valence-corrected chi connectivity index (χ4v) is 7.84. The standard InChI is InChI=1S/C45H47N9O7/c46-44(47)48-19-9-18-37(42(58)53-38(41(57)51-24-40(55)56)20-26-22-49-35-16-7-5-10-28(26)35)52-43(59)39(21-27-23-50-36-17-8-6-11-29(27)36)54-45(60)61-25-34-32-14-3-1-12-30(32)31-13-2-4-15-33(31)34/h1-8,10-17,22-23,34,37-39,49-50H,9,18-21,24-25H2,(H,51,57)(H,52,59)(H,53,58)(H,54,60)(H,55,56)(H4,46,47,48). The molecule has 61 heavy (non-hydrogen) atoms. The largest absolute Gasteiger partial charge is 0.480 e. The molecule has 6 aromatic rings. The highest BCUT2D eigenvalue weighted by Crippen LogP contribution is 2.44. The quantitative estimate of drug-likeness (QED) is 0.0348. The van der Waals surface area contributed by atoms with Crippen LogP contribution < -0.4 is 32.7 Å². The maximum atomic E-state index is 14.4. The molecule has 1 aliphatic rings. The Balaban J connectivity index is 1.12. The van der Waals surface area contributed by atoms with Crippen LogP contribution in [0.2, 0.25) is 0 Å². The lowest BCUT2D eigenvalue weighted by atomic mass is 9.98. The number of fused-ring (bicyclic) bond motifs is 5. The Morgan fingerprint density at radius 2 is 1.18 bits per heavy atom. The number of guanidine groups is 1. The summed E-state index contributed by atoms with van der Waals surface area (Å²) in [5, 5.41) is 21.6. The molecule has 3 unspecified atom stereocenters. The van der Waals surface area contributed by atoms with Gasteiger partial charge in [-0.1, -0.05) is 84.9 Å². The lowest BCUT2D eigenvalue weighted by Crippen LogP contribution is -2.57. The van der Waals surface area contributed by atoms with E-state index in [0.717, 1.165) is 49.6 Å². The third-order valence-corrected chi connectivity index (χ3v) is 10.8. The zero-order chi connectivity index (χ0) is 42.9. The molecule has 4 amide bonds. The van der Waals surface area contributed by atoms with Crippen LogP contribution in [-0.2, 0) is 36.8 Å². The zero-order valence-electron chi connectivity index (χ0n) is 33.2. The van der Waals surface area contributed by atoms with E-state index in [-0.39, 0.29) is 50.7 Å². The highest BCUT2D eigenvalue weighted by atomic mass is 16.5. The number of carboxylic acid groups (broad SMARTS) is 1. The number of nitrogens with zero attached hydrogens (tertiary/aromatic N) is 1. The van der Waals surface area contributed by atoms with Crippen molar-refractivity contribution in [2.24, 2.45) is 16.5 Å². The summed E-state index contributed by atoms with van der Waals surface area (Å²) in [4.78, 5) is 77.4. The van der Waals surface area contributed by atoms with Gasteiger partial charge in [0.1, 0.15) is 31.3 Å². The van der Waals surface area contributed by atoms with Gasteiger partial charge < -0.3 is 52.5 Å². The van der Waals surface area contributed by atoms with E-state index >= 15 is 0 Å². The number of aliphatic imine (C=N–C) groups is 1. The zero-order valence-corrected chi connectivity index (χ0v) is 33.2. The highest BCUT2D eigenvalue weighted by Gasteiger charge is 2.33. The summed E-state index contributed by atoms with van der Waals surface area (Å²) >= 11 is 0. The number of ether oxygens (including phenoxy) is 1. The Morgan fingerprint density at radius 3 is 1.75 bits per heavy atom. The van der Waals surface area contributed by atoms with Gasteiger partial charge in [-0.2, -0.15) is 0 Å². The Bertz CT molecular complexity index is 2550. The molecule has 16 heteroatoms. The molecular formula is C45H47N9O7. The average Bonchev–Trinajstić information content (AvgIpc) is 3.96. The highest BCUT2D eigenvalue weighted by molar-refractivity contribution is 5.95. The van der Waals surface area contributed by atoms with E-state index in [4.69, 9.17) is 16.2 Å². The van der Waals surface area contributed by atoms with Crippen molar-refractivity contribution in [2.45, 2.75) is 49.7 Å². The number of aromatic nitrogens is 2. The minimum Gasteiger partial charge on any atom is -0.480 e. The predicted octanol–water partition coefficient (Wildman–Crippen LogP) is 3.57. The first kappa shape index (κ1) is 41.5. The van der Waals surface area contributed by atoms with E-state index in [9.17, 15) is 29.1 Å². The number of nitrogens with one attached hydrogen (secondary N) is 6. The van der Waals surface area contributed by atoms with Crippen molar-refractivity contribution in [3.63, 3.8) is 0 Å². The number of carbonyl (C=O) groups excluding carboxylic acids is 4. The minimum atomic E-state index is -1.26. The molecule has 11 N–H and O–H groups in total. The Hall–Kier alpha value is -7.62. The van der Waals surface area contributed by atoms with Crippen LogP contribution in [0.15, 0.2) is 114 Å². The van der Waals surface area contributed by atoms with E-state index in [2.05, 4.69) is 36.2 Å². The van der Waals surface area contributed by atoms with Crippen LogP contribution in [0.3, 0.4) is 0 Å². The Kier molecular flexibility index (Phi) is 12.9. The summed E-state index contributed by atoms with van der Waals surface area (Å²) in [6.07, 6.45) is 2.97. The SMILES string of the molecule is NC(N)=NCCCC(NC(=O)C(Cc1c[nH]c2ccccc12)NC(=O)OCC1c2ccccc2-c2ccccc21)C(=O)NC(Cc1c[nH]c2ccccc12)C(=O)NCC(=O)O. The number of para-hydroxylation sites is 2. The first-order chi connectivity index (χ1) is 29.5. The van der Waals surface area contributed by atoms with Gasteiger partial charge in [0.25, 0.3) is 0 Å². The summed E-state index contributed by atoms with van der Waals surface area (Å²) in [6.45, 7) is -0.524. The lowest BCUT2D eigenvalue weighted by Gasteiger charge is -2.25. The molecule has 0 aliphatic heterocycles. The van der Waals surface area contributed by atoms with Gasteiger partial charge in [-0.15, -0.1) is 0 Å². The summed E-state index contributed by atoms with van der Waals surface area (Å²) in [7, 11) is 0. The van der Waals surface area contributed by atoms with Gasteiger partial charge in [0.15, 0.2) is 5.96 Å². The number of rotatable bonds is 18. The second-order valence-corrected chi connectivity index (χ2v) is 14.8. The van der Waals surface area contributed by atoms with Crippen molar-refractivity contribution in [1.29, 1.82) is 0 Å². The minimum absolute atomic E-state index is 0.00238. The second kappa shape index (κ2) is 19.0. The van der Waals surface area contributed by atoms with Crippen LogP contribution in [-0.4, -0.2) is 88.6 Å². The molecule has 16 nitrogen and oxygen atoms in total. The van der Waals surface area contributed by atoms with E-state index in [1.54, 1.807) is 12.4 Å². The lowest BCUT2D eigenvalue weighted by molar-refractivity contribution is -0.138. The maximum Gasteiger partial charge on any atom is 0.407 e. The fourth-order valence-electron chi connectivity index (χ4n) is 7.84. The van der Waals surface area contributed by atoms with Crippen LogP contribution in [0.4, 0.5) is 4.79 Å². The number of H-pyrrole nitrogens is 2. The fraction of sp³-hybridized carbons (Fsp3) is 0.244. The third-order valence-electron chi connectivity index (χ3n) is 10.8. The third kappa shape index (κ3) is 9.99. The molecule has 0 saturated carbocycles. The molecule has 0 saturated heterocycles. The van der Waals surface area contributed by atoms with Gasteiger partial charge in [-0.05, 0) is 58.4 Å². The molecular weight excluding hydrogens is 779 g/mol. The van der Waals surface area contributed by atoms with Gasteiger partial charge in [0, 0.05) is 59.5 Å². The van der Waals surface area contributed by atoms with E-state index in [0.29, 0.717) is 5.56 Å². The van der Waals surface area contributed by atoms with Crippen LogP contribution in [0, 0.1) is 0 Å². The summed E-state index contributed by atoms with van der Waals surface area (Å²) < 4.78 is 5.84. The number of amides is 4. The average molecular weight is 826 g/mol. The number of aromatic amines is 2. The molecule has 3 atom stereocenters. The number of carboxylic acids is 1. The monoisotopic (exact) mass is 825 g/mol. The number of benzene rings is 4. The number of carbonyl (C=O) groups is 5. The number of hydrogen-bond donors (Lipinski definition) is 9. The van der Waals surface area contributed by atoms with Gasteiger partial charge in [0.05, 0.1) is 0 Å². The first-order valence-corrected chi connectivity index (χ1v) is 19.9. The molecule has 0 radical (unpaired) electrons. The molecule has 2 heterocycles. The molecule has 314 valence electrons. The molecule has 2 aromatic heterocycles. The van der Waals surface area contributed by atoms with Gasteiger partial charge in [0.2, 0.25) is 17.7 Å². The van der Waals surface area contributed by atoms with Crippen molar-refractivity contribution >= 4 is 57.5 Å². The molecule has 0 spiro atoms. The molecule has 1 aliphatic carbocycles. The van der Waals surface area contributed by atoms with Crippen molar-refractivity contribution in [1.82, 2.24) is 31.2 Å². The summed E-state index contributed by atoms with van der Waals surface area (Å²) in [5.41, 5.74) is 18.3. The summed E-state index contributed by atoms with van der Waals surface area (Å²) in [6, 6.07) is 27.1. The topological polar surface area (TPSA) is 259 Å². The molecule has 4 aromatic carbocycles. The maximum absolute atomic E-state index is 14.4. The predicted molar refractivity (Wildman–Crippen MR) is 230 cm³/mol. The first-order valence-electron chi connectivity index (χ1n) is 19.9. The molecule has 0 fully saturated rings. The number of aliphatic carboxylic acids is 1. The summed E-state index contributed by atoms with van der Waals surface area (Å²) in [5.74, 6) is -3.78. The van der Waals surface area contributed by atoms with Crippen LogP contribution >= 0.6 is 0 Å². The van der Waals surface area contributed by atoms with E-state index in [1.807, 2.05) is 97.1 Å². The van der Waals surface area contributed by atoms with Crippen molar-refractivity contribution in [3.8, 4) is 11.1 Å². The normalized spacial score (nSPS) is 13.3. The number of hydrogen-bond acceptors (Lipinski definition) is 7. The number of alkyl carbamates (subject to hydrolysis) is 1. The molecule has 0 bridgehead atoms. The van der Waals surface area contributed by atoms with E-state index < -0.39 is 54.5 Å².